The number of nitrogens with one attached hydrogen (secondary N) is 1. The Kier molecular flexibility index (Phi) is 4.38. The van der Waals surface area contributed by atoms with Crippen LogP contribution in [0.5, 0.6) is 5.75 Å². The summed E-state index contributed by atoms with van der Waals surface area (Å²) in [5.74, 6) is 0.164. The van der Waals surface area contributed by atoms with E-state index < -0.39 is 0 Å². The molecular formula is C18H22N4O2. The van der Waals surface area contributed by atoms with Crippen molar-refractivity contribution in [3.05, 3.63) is 41.2 Å². The van der Waals surface area contributed by atoms with Crippen molar-refractivity contribution in [1.82, 2.24) is 9.78 Å². The van der Waals surface area contributed by atoms with Gasteiger partial charge < -0.3 is 15.4 Å². The summed E-state index contributed by atoms with van der Waals surface area (Å²) in [7, 11) is 0. The topological polar surface area (TPSA) is 83.5 Å². The Hall–Kier alpha value is -2.63. The molecule has 1 aromatic carbocycles. The molecule has 1 aliphatic heterocycles. The molecule has 126 valence electrons. The fourth-order valence-electron chi connectivity index (χ4n) is 3.20. The molecule has 0 saturated carbocycles. The summed E-state index contributed by atoms with van der Waals surface area (Å²) >= 11 is 0. The highest BCUT2D eigenvalue weighted by Crippen LogP contribution is 2.34. The molecule has 0 fully saturated rings. The Labute approximate surface area is 141 Å². The van der Waals surface area contributed by atoms with Gasteiger partial charge in [0.1, 0.15) is 11.9 Å². The summed E-state index contributed by atoms with van der Waals surface area (Å²) in [6, 6.07) is 6.92. The van der Waals surface area contributed by atoms with Crippen molar-refractivity contribution >= 4 is 11.9 Å². The summed E-state index contributed by atoms with van der Waals surface area (Å²) in [6.45, 7) is 6.02. The third kappa shape index (κ3) is 2.68. The van der Waals surface area contributed by atoms with E-state index >= 15 is 0 Å². The van der Waals surface area contributed by atoms with Crippen molar-refractivity contribution in [2.45, 2.75) is 45.6 Å². The molecular weight excluding hydrogens is 304 g/mol. The SMILES string of the molecule is CCCc1nn(-c2ccc(O)cc2)c(C2C(C)=NOC2C)c1C=N. The first-order valence-corrected chi connectivity index (χ1v) is 8.18. The Morgan fingerprint density at radius 1 is 1.33 bits per heavy atom. The molecule has 24 heavy (non-hydrogen) atoms. The van der Waals surface area contributed by atoms with Gasteiger partial charge in [-0.1, -0.05) is 18.5 Å². The molecule has 2 unspecified atom stereocenters. The van der Waals surface area contributed by atoms with Crippen LogP contribution in [0.1, 0.15) is 50.1 Å². The van der Waals surface area contributed by atoms with E-state index in [-0.39, 0.29) is 17.8 Å². The molecule has 0 aliphatic carbocycles. The van der Waals surface area contributed by atoms with E-state index in [1.165, 1.54) is 6.21 Å². The molecule has 2 heterocycles. The molecule has 3 rings (SSSR count). The van der Waals surface area contributed by atoms with Gasteiger partial charge in [-0.25, -0.2) is 4.68 Å². The van der Waals surface area contributed by atoms with E-state index in [4.69, 9.17) is 15.3 Å². The number of aromatic hydroxyl groups is 1. The number of benzene rings is 1. The van der Waals surface area contributed by atoms with Crippen molar-refractivity contribution < 1.29 is 9.94 Å². The molecule has 2 atom stereocenters. The number of phenolic OH excluding ortho intramolecular Hbond substituents is 1. The average Bonchev–Trinajstić information content (AvgIpc) is 3.08. The van der Waals surface area contributed by atoms with Gasteiger partial charge in [0.05, 0.1) is 28.7 Å². The van der Waals surface area contributed by atoms with E-state index in [9.17, 15) is 5.11 Å². The van der Waals surface area contributed by atoms with Gasteiger partial charge in [-0.2, -0.15) is 5.10 Å². The predicted octanol–water partition coefficient (Wildman–Crippen LogP) is 3.41. The Morgan fingerprint density at radius 3 is 2.58 bits per heavy atom. The minimum Gasteiger partial charge on any atom is -0.508 e. The van der Waals surface area contributed by atoms with Gasteiger partial charge in [0.2, 0.25) is 0 Å². The molecule has 0 bridgehead atoms. The van der Waals surface area contributed by atoms with Gasteiger partial charge >= 0.3 is 0 Å². The zero-order chi connectivity index (χ0) is 17.3. The molecule has 2 aromatic rings. The summed E-state index contributed by atoms with van der Waals surface area (Å²) in [5, 5.41) is 26.3. The Morgan fingerprint density at radius 2 is 2.04 bits per heavy atom. The summed E-state index contributed by atoms with van der Waals surface area (Å²) in [5.41, 5.74) is 4.39. The first-order chi connectivity index (χ1) is 11.6. The van der Waals surface area contributed by atoms with Gasteiger partial charge in [-0.05, 0) is 44.5 Å². The van der Waals surface area contributed by atoms with Crippen LogP contribution >= 0.6 is 0 Å². The lowest BCUT2D eigenvalue weighted by molar-refractivity contribution is 0.0894. The molecule has 6 heteroatoms. The monoisotopic (exact) mass is 326 g/mol. The van der Waals surface area contributed by atoms with Crippen LogP contribution in [-0.2, 0) is 11.3 Å². The number of oxime groups is 1. The van der Waals surface area contributed by atoms with Gasteiger partial charge in [0.25, 0.3) is 0 Å². The lowest BCUT2D eigenvalue weighted by Gasteiger charge is -2.17. The zero-order valence-corrected chi connectivity index (χ0v) is 14.2. The van der Waals surface area contributed by atoms with Crippen LogP contribution in [0.15, 0.2) is 29.4 Å². The van der Waals surface area contributed by atoms with Crippen LogP contribution in [0.25, 0.3) is 5.69 Å². The molecule has 0 saturated heterocycles. The zero-order valence-electron chi connectivity index (χ0n) is 14.2. The smallest absolute Gasteiger partial charge is 0.138 e. The maximum absolute atomic E-state index is 9.55. The van der Waals surface area contributed by atoms with Crippen LogP contribution in [0.2, 0.25) is 0 Å². The summed E-state index contributed by atoms with van der Waals surface area (Å²) in [4.78, 5) is 5.44. The first-order valence-electron chi connectivity index (χ1n) is 8.18. The second-order valence-corrected chi connectivity index (χ2v) is 6.09. The molecule has 6 nitrogen and oxygen atoms in total. The lowest BCUT2D eigenvalue weighted by Crippen LogP contribution is -2.21. The summed E-state index contributed by atoms with van der Waals surface area (Å²) in [6.07, 6.45) is 3.03. The quantitative estimate of drug-likeness (QED) is 0.826. The molecule has 0 spiro atoms. The molecule has 0 radical (unpaired) electrons. The number of hydrogen-bond acceptors (Lipinski definition) is 5. The van der Waals surface area contributed by atoms with Gasteiger partial charge in [0, 0.05) is 11.8 Å². The van der Waals surface area contributed by atoms with E-state index in [1.54, 1.807) is 12.1 Å². The minimum atomic E-state index is -0.106. The predicted molar refractivity (Wildman–Crippen MR) is 93.5 cm³/mol. The second kappa shape index (κ2) is 6.47. The Balaban J connectivity index is 2.22. The highest BCUT2D eigenvalue weighted by molar-refractivity contribution is 5.93. The van der Waals surface area contributed by atoms with Crippen LogP contribution in [0.3, 0.4) is 0 Å². The fraction of sp³-hybridized carbons (Fsp3) is 0.389. The van der Waals surface area contributed by atoms with E-state index in [0.717, 1.165) is 41.2 Å². The Bertz CT molecular complexity index is 777. The third-order valence-corrected chi connectivity index (χ3v) is 4.34. The first kappa shape index (κ1) is 16.2. The van der Waals surface area contributed by atoms with Gasteiger partial charge in [0.15, 0.2) is 0 Å². The number of hydrogen-bond donors (Lipinski definition) is 2. The largest absolute Gasteiger partial charge is 0.508 e. The van der Waals surface area contributed by atoms with E-state index in [2.05, 4.69) is 12.1 Å². The normalized spacial score (nSPS) is 19.9. The van der Waals surface area contributed by atoms with E-state index in [1.807, 2.05) is 30.7 Å². The lowest BCUT2D eigenvalue weighted by atomic mass is 9.91. The molecule has 2 N–H and O–H groups in total. The highest BCUT2D eigenvalue weighted by Gasteiger charge is 2.35. The maximum atomic E-state index is 9.55. The molecule has 1 aliphatic rings. The van der Waals surface area contributed by atoms with Crippen molar-refractivity contribution in [2.75, 3.05) is 0 Å². The third-order valence-electron chi connectivity index (χ3n) is 4.34. The number of nitrogens with zero attached hydrogens (tertiary/aromatic N) is 3. The minimum absolute atomic E-state index is 0.0477. The highest BCUT2D eigenvalue weighted by atomic mass is 16.6. The van der Waals surface area contributed by atoms with Gasteiger partial charge in [-0.3, -0.25) is 0 Å². The van der Waals surface area contributed by atoms with Crippen LogP contribution < -0.4 is 0 Å². The summed E-state index contributed by atoms with van der Waals surface area (Å²) < 4.78 is 1.86. The van der Waals surface area contributed by atoms with Gasteiger partial charge in [-0.15, -0.1) is 0 Å². The second-order valence-electron chi connectivity index (χ2n) is 6.09. The van der Waals surface area contributed by atoms with E-state index in [0.29, 0.717) is 0 Å². The standard InChI is InChI=1S/C18H22N4O2/c1-4-5-16-15(10-19)18(17-11(2)21-24-12(17)3)22(20-16)13-6-8-14(23)9-7-13/h6-10,12,17,19,23H,4-5H2,1-3H3. The number of phenols is 1. The van der Waals surface area contributed by atoms with Crippen LogP contribution in [-0.4, -0.2) is 32.9 Å². The number of aromatic nitrogens is 2. The van der Waals surface area contributed by atoms with Crippen LogP contribution in [0.4, 0.5) is 0 Å². The number of aryl methyl sites for hydroxylation is 1. The average molecular weight is 326 g/mol. The molecule has 0 amide bonds. The fourth-order valence-corrected chi connectivity index (χ4v) is 3.20. The number of rotatable bonds is 5. The van der Waals surface area contributed by atoms with Crippen molar-refractivity contribution in [2.24, 2.45) is 5.16 Å². The molecule has 1 aromatic heterocycles. The van der Waals surface area contributed by atoms with Crippen molar-refractivity contribution in [3.63, 3.8) is 0 Å². The maximum Gasteiger partial charge on any atom is 0.138 e. The van der Waals surface area contributed by atoms with Crippen LogP contribution in [0, 0.1) is 5.41 Å². The van der Waals surface area contributed by atoms with Crippen molar-refractivity contribution in [1.29, 1.82) is 5.41 Å². The van der Waals surface area contributed by atoms with Crippen molar-refractivity contribution in [3.8, 4) is 11.4 Å².